The Bertz CT molecular complexity index is 690. The fourth-order valence-electron chi connectivity index (χ4n) is 2.27. The zero-order valence-corrected chi connectivity index (χ0v) is 14.2. The monoisotopic (exact) mass is 343 g/mol. The topological polar surface area (TPSA) is 61.4 Å². The van der Waals surface area contributed by atoms with Gasteiger partial charge in [0.1, 0.15) is 5.82 Å². The van der Waals surface area contributed by atoms with Gasteiger partial charge in [-0.25, -0.2) is 9.18 Å². The first-order chi connectivity index (χ1) is 12.0. The third-order valence-electron chi connectivity index (χ3n) is 3.70. The molecule has 25 heavy (non-hydrogen) atoms. The molecule has 0 saturated heterocycles. The van der Waals surface area contributed by atoms with Crippen molar-refractivity contribution in [3.05, 3.63) is 71.5 Å². The van der Waals surface area contributed by atoms with Gasteiger partial charge < -0.3 is 15.5 Å². The largest absolute Gasteiger partial charge is 0.340 e. The van der Waals surface area contributed by atoms with Crippen LogP contribution in [0.3, 0.4) is 0 Å². The van der Waals surface area contributed by atoms with E-state index in [1.165, 1.54) is 12.1 Å². The summed E-state index contributed by atoms with van der Waals surface area (Å²) in [5, 5.41) is 5.22. The van der Waals surface area contributed by atoms with Crippen LogP contribution in [0.15, 0.2) is 54.6 Å². The van der Waals surface area contributed by atoms with Gasteiger partial charge >= 0.3 is 6.03 Å². The van der Waals surface area contributed by atoms with Gasteiger partial charge in [0.05, 0.1) is 6.54 Å². The molecule has 0 unspecified atom stereocenters. The number of carbonyl (C=O) groups excluding carboxylic acids is 2. The molecule has 0 aliphatic carbocycles. The fraction of sp³-hybridized carbons (Fsp3) is 0.263. The number of halogens is 1. The average molecular weight is 343 g/mol. The summed E-state index contributed by atoms with van der Waals surface area (Å²) < 4.78 is 12.8. The van der Waals surface area contributed by atoms with E-state index in [4.69, 9.17) is 0 Å². The summed E-state index contributed by atoms with van der Waals surface area (Å²) in [5.74, 6) is -0.454. The lowest BCUT2D eigenvalue weighted by Crippen LogP contribution is -2.42. The molecule has 6 heteroatoms. The Morgan fingerprint density at radius 2 is 1.64 bits per heavy atom. The van der Waals surface area contributed by atoms with Crippen molar-refractivity contribution < 1.29 is 14.0 Å². The Morgan fingerprint density at radius 3 is 2.32 bits per heavy atom. The number of hydrogen-bond donors (Lipinski definition) is 2. The highest BCUT2D eigenvalue weighted by molar-refractivity contribution is 5.83. The van der Waals surface area contributed by atoms with Gasteiger partial charge in [0.25, 0.3) is 0 Å². The van der Waals surface area contributed by atoms with E-state index < -0.39 is 6.03 Å². The minimum absolute atomic E-state index is 0.0638. The SMILES string of the molecule is CN(Cc1ccccc1)C(=O)CNC(=O)NCCc1ccc(F)cc1. The molecule has 2 aromatic carbocycles. The molecule has 0 saturated carbocycles. The Labute approximate surface area is 146 Å². The molecular formula is C19H22FN3O2. The van der Waals surface area contributed by atoms with Gasteiger partial charge in [-0.3, -0.25) is 4.79 Å². The Morgan fingerprint density at radius 1 is 0.960 bits per heavy atom. The summed E-state index contributed by atoms with van der Waals surface area (Å²) in [6, 6.07) is 15.4. The van der Waals surface area contributed by atoms with Gasteiger partial charge in [0, 0.05) is 20.1 Å². The van der Waals surface area contributed by atoms with Crippen molar-refractivity contribution in [3.8, 4) is 0 Å². The standard InChI is InChI=1S/C19H22FN3O2/c1-23(14-16-5-3-2-4-6-16)18(24)13-22-19(25)21-12-11-15-7-9-17(20)10-8-15/h2-10H,11-14H2,1H3,(H2,21,22,25). The highest BCUT2D eigenvalue weighted by Gasteiger charge is 2.10. The summed E-state index contributed by atoms with van der Waals surface area (Å²) in [5.41, 5.74) is 1.96. The second-order valence-electron chi connectivity index (χ2n) is 5.72. The van der Waals surface area contributed by atoms with Crippen LogP contribution in [0, 0.1) is 5.82 Å². The number of carbonyl (C=O) groups is 2. The lowest BCUT2D eigenvalue weighted by Gasteiger charge is -2.17. The predicted molar refractivity (Wildman–Crippen MR) is 94.4 cm³/mol. The van der Waals surface area contributed by atoms with Gasteiger partial charge in [-0.2, -0.15) is 0 Å². The molecule has 0 heterocycles. The highest BCUT2D eigenvalue weighted by atomic mass is 19.1. The molecule has 0 aliphatic rings. The van der Waals surface area contributed by atoms with E-state index in [9.17, 15) is 14.0 Å². The summed E-state index contributed by atoms with van der Waals surface area (Å²) >= 11 is 0. The number of amides is 3. The van der Waals surface area contributed by atoms with E-state index in [1.54, 1.807) is 24.1 Å². The number of likely N-dealkylation sites (N-methyl/N-ethyl adjacent to an activating group) is 1. The molecule has 132 valence electrons. The summed E-state index contributed by atoms with van der Waals surface area (Å²) in [6.07, 6.45) is 0.593. The molecule has 0 fully saturated rings. The maximum atomic E-state index is 12.8. The van der Waals surface area contributed by atoms with E-state index in [-0.39, 0.29) is 18.3 Å². The van der Waals surface area contributed by atoms with Crippen LogP contribution in [0.4, 0.5) is 9.18 Å². The molecular weight excluding hydrogens is 321 g/mol. The lowest BCUT2D eigenvalue weighted by atomic mass is 10.1. The van der Waals surface area contributed by atoms with Gasteiger partial charge in [0.15, 0.2) is 0 Å². The third-order valence-corrected chi connectivity index (χ3v) is 3.70. The smallest absolute Gasteiger partial charge is 0.315 e. The van der Waals surface area contributed by atoms with Crippen LogP contribution < -0.4 is 10.6 Å². The molecule has 0 spiro atoms. The van der Waals surface area contributed by atoms with Crippen molar-refractivity contribution in [3.63, 3.8) is 0 Å². The number of urea groups is 1. The number of benzene rings is 2. The Hall–Kier alpha value is -2.89. The second kappa shape index (κ2) is 9.42. The van der Waals surface area contributed by atoms with Crippen LogP contribution in [0.2, 0.25) is 0 Å². The highest BCUT2D eigenvalue weighted by Crippen LogP contribution is 2.03. The molecule has 0 atom stereocenters. The van der Waals surface area contributed by atoms with E-state index >= 15 is 0 Å². The van der Waals surface area contributed by atoms with Crippen molar-refractivity contribution in [2.75, 3.05) is 20.1 Å². The quantitative estimate of drug-likeness (QED) is 0.810. The molecule has 0 aromatic heterocycles. The summed E-state index contributed by atoms with van der Waals surface area (Å²) in [4.78, 5) is 25.3. The molecule has 3 amide bonds. The molecule has 2 aromatic rings. The number of hydrogen-bond acceptors (Lipinski definition) is 2. The van der Waals surface area contributed by atoms with E-state index in [0.29, 0.717) is 19.5 Å². The first-order valence-corrected chi connectivity index (χ1v) is 8.08. The third kappa shape index (κ3) is 6.63. The van der Waals surface area contributed by atoms with E-state index in [0.717, 1.165) is 11.1 Å². The van der Waals surface area contributed by atoms with Crippen molar-refractivity contribution in [2.24, 2.45) is 0 Å². The van der Waals surface area contributed by atoms with Gasteiger partial charge in [-0.1, -0.05) is 42.5 Å². The fourth-order valence-corrected chi connectivity index (χ4v) is 2.27. The first kappa shape index (κ1) is 18.4. The van der Waals surface area contributed by atoms with Crippen molar-refractivity contribution in [1.29, 1.82) is 0 Å². The molecule has 0 bridgehead atoms. The van der Waals surface area contributed by atoms with Crippen LogP contribution in [0.25, 0.3) is 0 Å². The maximum absolute atomic E-state index is 12.8. The first-order valence-electron chi connectivity index (χ1n) is 8.08. The van der Waals surface area contributed by atoms with Crippen molar-refractivity contribution in [2.45, 2.75) is 13.0 Å². The normalized spacial score (nSPS) is 10.2. The van der Waals surface area contributed by atoms with Crippen LogP contribution in [0.5, 0.6) is 0 Å². The van der Waals surface area contributed by atoms with E-state index in [1.807, 2.05) is 30.3 Å². The zero-order chi connectivity index (χ0) is 18.1. The number of nitrogens with one attached hydrogen (secondary N) is 2. The second-order valence-corrected chi connectivity index (χ2v) is 5.72. The molecule has 2 rings (SSSR count). The maximum Gasteiger partial charge on any atom is 0.315 e. The zero-order valence-electron chi connectivity index (χ0n) is 14.2. The van der Waals surface area contributed by atoms with Crippen LogP contribution >= 0.6 is 0 Å². The molecule has 2 N–H and O–H groups in total. The van der Waals surface area contributed by atoms with E-state index in [2.05, 4.69) is 10.6 Å². The predicted octanol–water partition coefficient (Wildman–Crippen LogP) is 2.33. The Balaban J connectivity index is 1.65. The van der Waals surface area contributed by atoms with Crippen LogP contribution in [-0.4, -0.2) is 37.0 Å². The molecule has 0 aliphatic heterocycles. The van der Waals surface area contributed by atoms with Gasteiger partial charge in [-0.15, -0.1) is 0 Å². The number of rotatable bonds is 7. The molecule has 5 nitrogen and oxygen atoms in total. The van der Waals surface area contributed by atoms with Crippen LogP contribution in [0.1, 0.15) is 11.1 Å². The van der Waals surface area contributed by atoms with Crippen molar-refractivity contribution in [1.82, 2.24) is 15.5 Å². The number of nitrogens with zero attached hydrogens (tertiary/aromatic N) is 1. The summed E-state index contributed by atoms with van der Waals surface area (Å²) in [7, 11) is 1.70. The van der Waals surface area contributed by atoms with Crippen LogP contribution in [-0.2, 0) is 17.8 Å². The molecule has 0 radical (unpaired) electrons. The van der Waals surface area contributed by atoms with Gasteiger partial charge in [0.2, 0.25) is 5.91 Å². The minimum Gasteiger partial charge on any atom is -0.340 e. The lowest BCUT2D eigenvalue weighted by molar-refractivity contribution is -0.129. The van der Waals surface area contributed by atoms with Gasteiger partial charge in [-0.05, 0) is 29.7 Å². The average Bonchev–Trinajstić information content (AvgIpc) is 2.62. The summed E-state index contributed by atoms with van der Waals surface area (Å²) in [6.45, 7) is 0.838. The minimum atomic E-state index is -0.399. The van der Waals surface area contributed by atoms with Crippen molar-refractivity contribution >= 4 is 11.9 Å². The Kier molecular flexibility index (Phi) is 6.95.